The lowest BCUT2D eigenvalue weighted by molar-refractivity contribution is 0.0697. The third-order valence-corrected chi connectivity index (χ3v) is 8.36. The second kappa shape index (κ2) is 10.5. The van der Waals surface area contributed by atoms with Crippen molar-refractivity contribution in [1.29, 1.82) is 0 Å². The van der Waals surface area contributed by atoms with E-state index in [1.54, 1.807) is 24.3 Å². The van der Waals surface area contributed by atoms with E-state index in [0.29, 0.717) is 22.5 Å². The van der Waals surface area contributed by atoms with E-state index in [1.807, 2.05) is 30.3 Å². The SMILES string of the molecule is CN(C)c1cc2c3c(ccc2c2cc(-c4ccccc4C(=O)O)ccc12)CCCC3Cc1ccc(B(O)O)cc1. The molecule has 0 radical (unpaired) electrons. The van der Waals surface area contributed by atoms with Crippen LogP contribution in [0, 0.1) is 0 Å². The van der Waals surface area contributed by atoms with Crippen molar-refractivity contribution < 1.29 is 19.9 Å². The van der Waals surface area contributed by atoms with Gasteiger partial charge in [0.1, 0.15) is 0 Å². The first-order valence-electron chi connectivity index (χ1n) is 13.8. The van der Waals surface area contributed by atoms with Gasteiger partial charge in [-0.05, 0) is 99.2 Å². The maximum atomic E-state index is 12.0. The van der Waals surface area contributed by atoms with Crippen molar-refractivity contribution in [3.8, 4) is 11.1 Å². The Bertz CT molecular complexity index is 1740. The highest BCUT2D eigenvalue weighted by atomic mass is 16.4. The van der Waals surface area contributed by atoms with Crippen LogP contribution in [-0.2, 0) is 12.8 Å². The second-order valence-electron chi connectivity index (χ2n) is 11.0. The van der Waals surface area contributed by atoms with Crippen LogP contribution >= 0.6 is 0 Å². The van der Waals surface area contributed by atoms with E-state index in [-0.39, 0.29) is 0 Å². The third-order valence-electron chi connectivity index (χ3n) is 8.36. The van der Waals surface area contributed by atoms with Crippen LogP contribution in [0.25, 0.3) is 32.7 Å². The van der Waals surface area contributed by atoms with Gasteiger partial charge in [0.15, 0.2) is 0 Å². The highest BCUT2D eigenvalue weighted by Crippen LogP contribution is 2.44. The molecule has 0 spiro atoms. The van der Waals surface area contributed by atoms with E-state index in [1.165, 1.54) is 27.5 Å². The van der Waals surface area contributed by atoms with Gasteiger partial charge in [0.25, 0.3) is 0 Å². The number of fused-ring (bicyclic) bond motifs is 5. The molecule has 5 aromatic rings. The molecular formula is C34H32BNO4. The van der Waals surface area contributed by atoms with Gasteiger partial charge in [0.05, 0.1) is 5.56 Å². The lowest BCUT2D eigenvalue weighted by Crippen LogP contribution is -2.29. The Morgan fingerprint density at radius 2 is 1.62 bits per heavy atom. The molecule has 1 atom stereocenters. The molecule has 0 heterocycles. The normalized spacial score (nSPS) is 14.8. The van der Waals surface area contributed by atoms with Crippen LogP contribution in [-0.4, -0.2) is 42.3 Å². The number of rotatable bonds is 6. The van der Waals surface area contributed by atoms with Crippen LogP contribution in [0.2, 0.25) is 0 Å². The fourth-order valence-corrected chi connectivity index (χ4v) is 6.43. The van der Waals surface area contributed by atoms with E-state index >= 15 is 0 Å². The van der Waals surface area contributed by atoms with Crippen LogP contribution in [0.5, 0.6) is 0 Å². The molecule has 0 aromatic heterocycles. The number of hydrogen-bond donors (Lipinski definition) is 3. The molecule has 40 heavy (non-hydrogen) atoms. The number of carboxylic acids is 1. The first kappa shape index (κ1) is 26.1. The van der Waals surface area contributed by atoms with Crippen LogP contribution in [0.15, 0.2) is 84.9 Å². The molecule has 6 heteroatoms. The summed E-state index contributed by atoms with van der Waals surface area (Å²) in [7, 11) is 2.68. The minimum absolute atomic E-state index is 0.298. The maximum absolute atomic E-state index is 12.0. The Hall–Kier alpha value is -4.13. The smallest absolute Gasteiger partial charge is 0.478 e. The number of anilines is 1. The Balaban J connectivity index is 1.54. The minimum atomic E-state index is -1.46. The molecule has 0 saturated heterocycles. The molecule has 200 valence electrons. The molecule has 5 aromatic carbocycles. The first-order valence-corrected chi connectivity index (χ1v) is 13.8. The lowest BCUT2D eigenvalue weighted by atomic mass is 9.75. The third kappa shape index (κ3) is 4.63. The van der Waals surface area contributed by atoms with E-state index < -0.39 is 13.1 Å². The average Bonchev–Trinajstić information content (AvgIpc) is 2.96. The van der Waals surface area contributed by atoms with Gasteiger partial charge in [-0.2, -0.15) is 0 Å². The molecule has 0 amide bonds. The van der Waals surface area contributed by atoms with Gasteiger partial charge >= 0.3 is 13.1 Å². The fourth-order valence-electron chi connectivity index (χ4n) is 6.43. The summed E-state index contributed by atoms with van der Waals surface area (Å²) >= 11 is 0. The van der Waals surface area contributed by atoms with E-state index in [9.17, 15) is 19.9 Å². The summed E-state index contributed by atoms with van der Waals surface area (Å²) in [5.74, 6) is -0.582. The molecular weight excluding hydrogens is 497 g/mol. The zero-order valence-corrected chi connectivity index (χ0v) is 22.8. The van der Waals surface area contributed by atoms with E-state index in [4.69, 9.17) is 0 Å². The molecule has 1 aliphatic carbocycles. The quantitative estimate of drug-likeness (QED) is 0.192. The summed E-state index contributed by atoms with van der Waals surface area (Å²) in [4.78, 5) is 14.1. The fraction of sp³-hybridized carbons (Fsp3) is 0.206. The monoisotopic (exact) mass is 529 g/mol. The van der Waals surface area contributed by atoms with Gasteiger partial charge in [-0.3, -0.25) is 0 Å². The number of benzene rings is 5. The summed E-state index contributed by atoms with van der Waals surface area (Å²) in [6, 6.07) is 27.9. The summed E-state index contributed by atoms with van der Waals surface area (Å²) < 4.78 is 0. The molecule has 0 fully saturated rings. The zero-order valence-electron chi connectivity index (χ0n) is 22.8. The topological polar surface area (TPSA) is 81.0 Å². The van der Waals surface area contributed by atoms with Crippen LogP contribution in [0.1, 0.15) is 45.8 Å². The maximum Gasteiger partial charge on any atom is 0.488 e. The Kier molecular flexibility index (Phi) is 6.82. The summed E-state index contributed by atoms with van der Waals surface area (Å²) in [6.07, 6.45) is 4.17. The predicted octanol–water partition coefficient (Wildman–Crippen LogP) is 5.77. The van der Waals surface area contributed by atoms with Gasteiger partial charge < -0.3 is 20.1 Å². The van der Waals surface area contributed by atoms with Crippen molar-refractivity contribution in [3.63, 3.8) is 0 Å². The highest BCUT2D eigenvalue weighted by Gasteiger charge is 2.25. The van der Waals surface area contributed by atoms with E-state index in [0.717, 1.165) is 47.7 Å². The van der Waals surface area contributed by atoms with Gasteiger partial charge in [0.2, 0.25) is 0 Å². The number of carboxylic acid groups (broad SMARTS) is 1. The molecule has 1 unspecified atom stereocenters. The van der Waals surface area contributed by atoms with Gasteiger partial charge in [-0.25, -0.2) is 4.79 Å². The summed E-state index contributed by atoms with van der Waals surface area (Å²) in [6.45, 7) is 0. The predicted molar refractivity (Wildman–Crippen MR) is 164 cm³/mol. The summed E-state index contributed by atoms with van der Waals surface area (Å²) in [5.41, 5.74) is 7.52. The van der Waals surface area contributed by atoms with Crippen LogP contribution < -0.4 is 10.4 Å². The van der Waals surface area contributed by atoms with Crippen LogP contribution in [0.4, 0.5) is 5.69 Å². The molecule has 0 aliphatic heterocycles. The molecule has 5 nitrogen and oxygen atoms in total. The van der Waals surface area contributed by atoms with Gasteiger partial charge in [-0.15, -0.1) is 0 Å². The Morgan fingerprint density at radius 3 is 2.35 bits per heavy atom. The number of hydrogen-bond acceptors (Lipinski definition) is 4. The number of aryl methyl sites for hydroxylation is 1. The van der Waals surface area contributed by atoms with Crippen molar-refractivity contribution in [1.82, 2.24) is 0 Å². The zero-order chi connectivity index (χ0) is 28.0. The van der Waals surface area contributed by atoms with Crippen molar-refractivity contribution >= 4 is 45.8 Å². The van der Waals surface area contributed by atoms with Crippen molar-refractivity contribution in [2.45, 2.75) is 31.6 Å². The molecule has 1 aliphatic rings. The molecule has 3 N–H and O–H groups in total. The number of nitrogens with zero attached hydrogens (tertiary/aromatic N) is 1. The molecule has 0 saturated carbocycles. The number of aromatic carboxylic acids is 1. The average molecular weight is 529 g/mol. The highest BCUT2D eigenvalue weighted by molar-refractivity contribution is 6.58. The lowest BCUT2D eigenvalue weighted by Gasteiger charge is -2.29. The number of carbonyl (C=O) groups is 1. The molecule has 0 bridgehead atoms. The van der Waals surface area contributed by atoms with Gasteiger partial charge in [-0.1, -0.05) is 66.7 Å². The van der Waals surface area contributed by atoms with Crippen molar-refractivity contribution in [2.24, 2.45) is 0 Å². The molecule has 6 rings (SSSR count). The second-order valence-corrected chi connectivity index (χ2v) is 11.0. The van der Waals surface area contributed by atoms with Gasteiger partial charge in [0, 0.05) is 25.2 Å². The largest absolute Gasteiger partial charge is 0.488 e. The Labute approximate surface area is 234 Å². The minimum Gasteiger partial charge on any atom is -0.478 e. The van der Waals surface area contributed by atoms with Crippen LogP contribution in [0.3, 0.4) is 0 Å². The summed E-state index contributed by atoms with van der Waals surface area (Å²) in [5, 5.41) is 33.5. The standard InChI is InChI=1S/C34H32BNO4/c1-36(2)32-20-31-27(30-19-23(13-17-28(30)32)26-8-3-4-9-29(26)34(37)38)16-12-22-6-5-7-24(33(22)31)18-21-10-14-25(15-11-21)35(39)40/h3-4,8-17,19-20,24,39-40H,5-7,18H2,1-2H3,(H,37,38). The van der Waals surface area contributed by atoms with E-state index in [2.05, 4.69) is 49.3 Å². The van der Waals surface area contributed by atoms with Crippen molar-refractivity contribution in [3.05, 3.63) is 107 Å². The Morgan fingerprint density at radius 1 is 0.875 bits per heavy atom. The van der Waals surface area contributed by atoms with Crippen molar-refractivity contribution in [2.75, 3.05) is 19.0 Å². The first-order chi connectivity index (χ1) is 19.3.